The summed E-state index contributed by atoms with van der Waals surface area (Å²) in [7, 11) is 1.65. The van der Waals surface area contributed by atoms with Crippen molar-refractivity contribution in [3.8, 4) is 5.75 Å². The Kier molecular flexibility index (Phi) is 5.15. The zero-order valence-electron chi connectivity index (χ0n) is 16.4. The quantitative estimate of drug-likeness (QED) is 0.789. The average molecular weight is 399 g/mol. The van der Waals surface area contributed by atoms with Crippen molar-refractivity contribution in [1.82, 2.24) is 9.80 Å². The van der Waals surface area contributed by atoms with Crippen molar-refractivity contribution < 1.29 is 14.3 Å². The fraction of sp³-hybridized carbons (Fsp3) is 0.455. The molecule has 0 radical (unpaired) electrons. The fourth-order valence-corrected chi connectivity index (χ4v) is 5.16. The van der Waals surface area contributed by atoms with Gasteiger partial charge in [-0.25, -0.2) is 0 Å². The number of carbonyl (C=O) groups is 2. The van der Waals surface area contributed by atoms with E-state index in [2.05, 4.69) is 0 Å². The number of rotatable bonds is 4. The van der Waals surface area contributed by atoms with Gasteiger partial charge in [0, 0.05) is 38.0 Å². The van der Waals surface area contributed by atoms with Gasteiger partial charge in [-0.3, -0.25) is 9.59 Å². The zero-order valence-corrected chi connectivity index (χ0v) is 17.3. The number of methoxy groups -OCH3 is 1. The van der Waals surface area contributed by atoms with Gasteiger partial charge >= 0.3 is 0 Å². The lowest BCUT2D eigenvalue weighted by Gasteiger charge is -2.38. The van der Waals surface area contributed by atoms with Crippen LogP contribution in [-0.4, -0.2) is 48.4 Å². The minimum absolute atomic E-state index is 0.0195. The van der Waals surface area contributed by atoms with E-state index < -0.39 is 0 Å². The van der Waals surface area contributed by atoms with Crippen LogP contribution in [0.15, 0.2) is 35.7 Å². The molecule has 4 rings (SSSR count). The number of nitrogens with zero attached hydrogens (tertiary/aromatic N) is 2. The molecule has 1 aromatic carbocycles. The summed E-state index contributed by atoms with van der Waals surface area (Å²) in [5.74, 6) is 1.18. The van der Waals surface area contributed by atoms with E-state index in [-0.39, 0.29) is 17.2 Å². The summed E-state index contributed by atoms with van der Waals surface area (Å²) < 4.78 is 5.20. The second kappa shape index (κ2) is 7.59. The predicted octanol–water partition coefficient (Wildman–Crippen LogP) is 3.72. The number of hydrogen-bond acceptors (Lipinski definition) is 4. The van der Waals surface area contributed by atoms with Crippen molar-refractivity contribution in [2.24, 2.45) is 5.41 Å². The molecule has 0 atom stereocenters. The Hall–Kier alpha value is -2.34. The third kappa shape index (κ3) is 3.78. The predicted molar refractivity (Wildman–Crippen MR) is 110 cm³/mol. The van der Waals surface area contributed by atoms with Gasteiger partial charge in [0.25, 0.3) is 5.91 Å². The minimum atomic E-state index is 0.0195. The third-order valence-electron chi connectivity index (χ3n) is 5.99. The van der Waals surface area contributed by atoms with Gasteiger partial charge in [-0.1, -0.05) is 12.1 Å². The van der Waals surface area contributed by atoms with Crippen molar-refractivity contribution in [1.29, 1.82) is 0 Å². The molecule has 1 spiro atoms. The van der Waals surface area contributed by atoms with E-state index in [1.807, 2.05) is 52.4 Å². The van der Waals surface area contributed by atoms with Gasteiger partial charge in [0.2, 0.25) is 5.91 Å². The van der Waals surface area contributed by atoms with Crippen molar-refractivity contribution in [3.63, 3.8) is 0 Å². The third-order valence-corrected chi connectivity index (χ3v) is 7.03. The molecular formula is C22H26N2O3S. The van der Waals surface area contributed by atoms with Crippen LogP contribution >= 0.6 is 11.3 Å². The maximum atomic E-state index is 12.7. The summed E-state index contributed by atoms with van der Waals surface area (Å²) >= 11 is 1.52. The van der Waals surface area contributed by atoms with E-state index in [1.54, 1.807) is 7.11 Å². The van der Waals surface area contributed by atoms with Crippen LogP contribution in [0.1, 0.15) is 40.1 Å². The number of amides is 2. The first-order valence-electron chi connectivity index (χ1n) is 9.73. The van der Waals surface area contributed by atoms with Crippen molar-refractivity contribution in [2.75, 3.05) is 26.7 Å². The van der Waals surface area contributed by atoms with Crippen molar-refractivity contribution >= 4 is 23.2 Å². The molecule has 28 heavy (non-hydrogen) atoms. The molecule has 148 valence electrons. The van der Waals surface area contributed by atoms with Crippen LogP contribution in [0.4, 0.5) is 0 Å². The Morgan fingerprint density at radius 1 is 1.21 bits per heavy atom. The molecule has 2 fully saturated rings. The van der Waals surface area contributed by atoms with Crippen LogP contribution in [0.2, 0.25) is 0 Å². The topological polar surface area (TPSA) is 49.9 Å². The molecule has 0 aliphatic carbocycles. The SMILES string of the molecule is COc1ccc(CN2CC3(CCN(C(=O)c4cc(C)cs4)CC3)CC2=O)cc1. The van der Waals surface area contributed by atoms with Crippen LogP contribution < -0.4 is 4.74 Å². The van der Waals surface area contributed by atoms with Crippen LogP contribution in [0, 0.1) is 12.3 Å². The van der Waals surface area contributed by atoms with Crippen LogP contribution in [0.3, 0.4) is 0 Å². The first-order valence-corrected chi connectivity index (χ1v) is 10.6. The van der Waals surface area contributed by atoms with Crippen LogP contribution in [0.5, 0.6) is 5.75 Å². The lowest BCUT2D eigenvalue weighted by Crippen LogP contribution is -2.44. The molecule has 0 unspecified atom stereocenters. The monoisotopic (exact) mass is 398 g/mol. The van der Waals surface area contributed by atoms with Gasteiger partial charge in [-0.05, 0) is 54.5 Å². The molecule has 5 nitrogen and oxygen atoms in total. The number of hydrogen-bond donors (Lipinski definition) is 0. The van der Waals surface area contributed by atoms with E-state index >= 15 is 0 Å². The highest BCUT2D eigenvalue weighted by Crippen LogP contribution is 2.42. The molecule has 2 aliphatic heterocycles. The Balaban J connectivity index is 1.36. The molecule has 3 heterocycles. The number of benzene rings is 1. The molecule has 2 aromatic rings. The lowest BCUT2D eigenvalue weighted by atomic mass is 9.77. The maximum absolute atomic E-state index is 12.7. The summed E-state index contributed by atoms with van der Waals surface area (Å²) in [6.07, 6.45) is 2.39. The van der Waals surface area contributed by atoms with Gasteiger partial charge in [-0.15, -0.1) is 11.3 Å². The highest BCUT2D eigenvalue weighted by atomic mass is 32.1. The largest absolute Gasteiger partial charge is 0.497 e. The van der Waals surface area contributed by atoms with Gasteiger partial charge in [0.15, 0.2) is 0 Å². The lowest BCUT2D eigenvalue weighted by molar-refractivity contribution is -0.128. The summed E-state index contributed by atoms with van der Waals surface area (Å²) in [6, 6.07) is 9.86. The zero-order chi connectivity index (χ0) is 19.7. The highest BCUT2D eigenvalue weighted by molar-refractivity contribution is 7.12. The summed E-state index contributed by atoms with van der Waals surface area (Å²) in [6.45, 7) is 4.92. The number of carbonyl (C=O) groups excluding carboxylic acids is 2. The average Bonchev–Trinajstić information content (AvgIpc) is 3.26. The molecule has 0 N–H and O–H groups in total. The molecule has 1 aromatic heterocycles. The number of likely N-dealkylation sites (tertiary alicyclic amines) is 2. The first kappa shape index (κ1) is 19.0. The molecule has 2 amide bonds. The second-order valence-electron chi connectivity index (χ2n) is 8.06. The smallest absolute Gasteiger partial charge is 0.263 e. The van der Waals surface area contributed by atoms with Crippen molar-refractivity contribution in [3.05, 3.63) is 51.7 Å². The van der Waals surface area contributed by atoms with Gasteiger partial charge in [-0.2, -0.15) is 0 Å². The Labute approximate surface area is 169 Å². The fourth-order valence-electron chi connectivity index (χ4n) is 4.30. The molecular weight excluding hydrogens is 372 g/mol. The normalized spacial score (nSPS) is 18.7. The number of ether oxygens (including phenoxy) is 1. The standard InChI is InChI=1S/C22H26N2O3S/c1-16-11-19(28-14-16)21(26)23-9-7-22(8-10-23)12-20(25)24(15-22)13-17-3-5-18(27-2)6-4-17/h3-6,11,14H,7-10,12-13,15H2,1-2H3. The minimum Gasteiger partial charge on any atom is -0.497 e. The van der Waals surface area contributed by atoms with E-state index in [9.17, 15) is 9.59 Å². The van der Waals surface area contributed by atoms with E-state index in [1.165, 1.54) is 11.3 Å². The molecule has 2 aliphatic rings. The molecule has 0 saturated carbocycles. The van der Waals surface area contributed by atoms with E-state index in [0.29, 0.717) is 13.0 Å². The van der Waals surface area contributed by atoms with Crippen LogP contribution in [0.25, 0.3) is 0 Å². The Morgan fingerprint density at radius 2 is 1.93 bits per heavy atom. The number of aryl methyl sites for hydroxylation is 1. The summed E-state index contributed by atoms with van der Waals surface area (Å²) in [5, 5.41) is 2.02. The van der Waals surface area contributed by atoms with Gasteiger partial charge in [0.05, 0.1) is 12.0 Å². The van der Waals surface area contributed by atoms with Crippen LogP contribution in [-0.2, 0) is 11.3 Å². The molecule has 2 saturated heterocycles. The Bertz CT molecular complexity index is 866. The summed E-state index contributed by atoms with van der Waals surface area (Å²) in [4.78, 5) is 30.1. The van der Waals surface area contributed by atoms with E-state index in [0.717, 1.165) is 54.2 Å². The van der Waals surface area contributed by atoms with Gasteiger partial charge in [0.1, 0.15) is 5.75 Å². The molecule has 0 bridgehead atoms. The maximum Gasteiger partial charge on any atom is 0.263 e. The highest BCUT2D eigenvalue weighted by Gasteiger charge is 2.45. The van der Waals surface area contributed by atoms with Crippen molar-refractivity contribution in [2.45, 2.75) is 32.7 Å². The van der Waals surface area contributed by atoms with E-state index in [4.69, 9.17) is 4.74 Å². The summed E-state index contributed by atoms with van der Waals surface area (Å²) in [5.41, 5.74) is 2.27. The number of thiophene rings is 1. The second-order valence-corrected chi connectivity index (χ2v) is 8.97. The Morgan fingerprint density at radius 3 is 2.54 bits per heavy atom. The molecule has 6 heteroatoms. The number of piperidine rings is 1. The first-order chi connectivity index (χ1) is 13.5. The van der Waals surface area contributed by atoms with Gasteiger partial charge < -0.3 is 14.5 Å².